The third-order valence-electron chi connectivity index (χ3n) is 5.25. The molecule has 1 aromatic heterocycles. The van der Waals surface area contributed by atoms with Crippen molar-refractivity contribution in [1.82, 2.24) is 4.72 Å². The molecular formula is C24H20FNO5S. The molecule has 4 aromatic rings. The van der Waals surface area contributed by atoms with Crippen LogP contribution in [0, 0.1) is 5.82 Å². The van der Waals surface area contributed by atoms with E-state index in [2.05, 4.69) is 4.72 Å². The fourth-order valence-electron chi connectivity index (χ4n) is 3.66. The Morgan fingerprint density at radius 3 is 2.44 bits per heavy atom. The number of hydrogen-bond acceptors (Lipinski definition) is 5. The lowest BCUT2D eigenvalue weighted by molar-refractivity contribution is 0.297. The van der Waals surface area contributed by atoms with Crippen LogP contribution in [0.3, 0.4) is 0 Å². The molecule has 2 heterocycles. The number of para-hydroxylation sites is 1. The lowest BCUT2D eigenvalue weighted by atomic mass is 10.0. The van der Waals surface area contributed by atoms with Gasteiger partial charge in [-0.25, -0.2) is 12.8 Å². The van der Waals surface area contributed by atoms with Crippen LogP contribution in [0.1, 0.15) is 23.8 Å². The van der Waals surface area contributed by atoms with E-state index >= 15 is 0 Å². The second-order valence-corrected chi connectivity index (χ2v) is 9.14. The molecule has 5 rings (SSSR count). The SMILES string of the molecule is O=S(=O)(N[C@H](c1cc2ccccc2o1)c1ccccc1F)c1ccc2c(c1)OCCCO2. The van der Waals surface area contributed by atoms with Gasteiger partial charge in [0.15, 0.2) is 11.5 Å². The molecule has 0 unspecified atom stereocenters. The Kier molecular flexibility index (Phi) is 5.32. The first-order valence-electron chi connectivity index (χ1n) is 10.2. The van der Waals surface area contributed by atoms with Crippen molar-refractivity contribution in [3.05, 3.63) is 89.9 Å². The summed E-state index contributed by atoms with van der Waals surface area (Å²) in [6.45, 7) is 0.930. The molecule has 0 amide bonds. The fraction of sp³-hybridized carbons (Fsp3) is 0.167. The van der Waals surface area contributed by atoms with Gasteiger partial charge in [0.1, 0.15) is 23.2 Å². The van der Waals surface area contributed by atoms with Crippen LogP contribution in [0.25, 0.3) is 11.0 Å². The van der Waals surface area contributed by atoms with Gasteiger partial charge in [-0.3, -0.25) is 0 Å². The lowest BCUT2D eigenvalue weighted by Crippen LogP contribution is -2.30. The van der Waals surface area contributed by atoms with Crippen molar-refractivity contribution < 1.29 is 26.7 Å². The van der Waals surface area contributed by atoms with Gasteiger partial charge in [0.05, 0.1) is 18.1 Å². The standard InChI is InChI=1S/C24H20FNO5S/c25-19-8-3-2-7-18(19)24(23-14-16-6-1-4-9-20(16)31-23)26-32(27,28)17-10-11-21-22(15-17)30-13-5-12-29-21/h1-4,6-11,14-15,24,26H,5,12-13H2/t24-/m0/s1. The molecule has 32 heavy (non-hydrogen) atoms. The number of furan rings is 1. The Hall–Kier alpha value is -3.36. The predicted octanol–water partition coefficient (Wildman–Crippen LogP) is 4.80. The molecule has 6 nitrogen and oxygen atoms in total. The molecule has 0 fully saturated rings. The predicted molar refractivity (Wildman–Crippen MR) is 117 cm³/mol. The summed E-state index contributed by atoms with van der Waals surface area (Å²) in [5.74, 6) is 0.592. The molecule has 0 saturated heterocycles. The molecule has 1 aliphatic rings. The topological polar surface area (TPSA) is 77.8 Å². The van der Waals surface area contributed by atoms with Crippen LogP contribution in [0.15, 0.2) is 82.1 Å². The first-order valence-corrected chi connectivity index (χ1v) is 11.6. The van der Waals surface area contributed by atoms with Crippen LogP contribution in [-0.4, -0.2) is 21.6 Å². The van der Waals surface area contributed by atoms with E-state index in [0.717, 1.165) is 5.39 Å². The normalized spacial score (nSPS) is 14.8. The summed E-state index contributed by atoms with van der Waals surface area (Å²) in [5, 5.41) is 0.790. The monoisotopic (exact) mass is 453 g/mol. The van der Waals surface area contributed by atoms with Gasteiger partial charge in [-0.1, -0.05) is 36.4 Å². The van der Waals surface area contributed by atoms with Crippen LogP contribution in [0.4, 0.5) is 4.39 Å². The first kappa shape index (κ1) is 20.5. The van der Waals surface area contributed by atoms with Crippen molar-refractivity contribution in [1.29, 1.82) is 0 Å². The van der Waals surface area contributed by atoms with Crippen molar-refractivity contribution in [3.63, 3.8) is 0 Å². The quantitative estimate of drug-likeness (QED) is 0.470. The summed E-state index contributed by atoms with van der Waals surface area (Å²) in [5.41, 5.74) is 0.739. The van der Waals surface area contributed by atoms with E-state index in [1.54, 1.807) is 30.3 Å². The summed E-state index contributed by atoms with van der Waals surface area (Å²) in [6.07, 6.45) is 0.705. The smallest absolute Gasteiger partial charge is 0.241 e. The maximum Gasteiger partial charge on any atom is 0.241 e. The summed E-state index contributed by atoms with van der Waals surface area (Å²) < 4.78 is 61.0. The van der Waals surface area contributed by atoms with E-state index in [9.17, 15) is 12.8 Å². The van der Waals surface area contributed by atoms with Crippen LogP contribution in [-0.2, 0) is 10.0 Å². The van der Waals surface area contributed by atoms with Gasteiger partial charge in [0, 0.05) is 23.4 Å². The molecule has 0 saturated carbocycles. The number of hydrogen-bond donors (Lipinski definition) is 1. The molecule has 0 radical (unpaired) electrons. The zero-order valence-corrected chi connectivity index (χ0v) is 17.8. The Bertz CT molecular complexity index is 1350. The minimum absolute atomic E-state index is 0.0146. The average molecular weight is 453 g/mol. The highest BCUT2D eigenvalue weighted by molar-refractivity contribution is 7.89. The van der Waals surface area contributed by atoms with E-state index < -0.39 is 21.9 Å². The molecule has 3 aromatic carbocycles. The van der Waals surface area contributed by atoms with Crippen molar-refractivity contribution in [2.75, 3.05) is 13.2 Å². The second-order valence-electron chi connectivity index (χ2n) is 7.42. The zero-order valence-electron chi connectivity index (χ0n) is 17.0. The van der Waals surface area contributed by atoms with E-state index in [1.165, 1.54) is 24.3 Å². The van der Waals surface area contributed by atoms with Gasteiger partial charge in [0.25, 0.3) is 0 Å². The van der Waals surface area contributed by atoms with Crippen LogP contribution < -0.4 is 14.2 Å². The number of ether oxygens (including phenoxy) is 2. The Morgan fingerprint density at radius 2 is 1.62 bits per heavy atom. The maximum absolute atomic E-state index is 14.7. The Labute approximate surface area is 184 Å². The van der Waals surface area contributed by atoms with Gasteiger partial charge in [-0.05, 0) is 30.3 Å². The third kappa shape index (κ3) is 3.94. The zero-order chi connectivity index (χ0) is 22.1. The summed E-state index contributed by atoms with van der Waals surface area (Å²) >= 11 is 0. The van der Waals surface area contributed by atoms with Crippen LogP contribution in [0.2, 0.25) is 0 Å². The van der Waals surface area contributed by atoms with Gasteiger partial charge in [0.2, 0.25) is 10.0 Å². The molecule has 0 bridgehead atoms. The second kappa shape index (κ2) is 8.29. The molecule has 0 spiro atoms. The summed E-state index contributed by atoms with van der Waals surface area (Å²) in [4.78, 5) is -0.0146. The summed E-state index contributed by atoms with van der Waals surface area (Å²) in [6, 6.07) is 18.4. The van der Waals surface area contributed by atoms with Gasteiger partial charge < -0.3 is 13.9 Å². The number of nitrogens with one attached hydrogen (secondary N) is 1. The number of sulfonamides is 1. The van der Waals surface area contributed by atoms with Gasteiger partial charge in [-0.15, -0.1) is 0 Å². The van der Waals surface area contributed by atoms with Gasteiger partial charge in [-0.2, -0.15) is 4.72 Å². The number of rotatable bonds is 5. The molecule has 1 aliphatic heterocycles. The van der Waals surface area contributed by atoms with Gasteiger partial charge >= 0.3 is 0 Å². The van der Waals surface area contributed by atoms with Crippen LogP contribution in [0.5, 0.6) is 11.5 Å². The highest BCUT2D eigenvalue weighted by Crippen LogP contribution is 2.34. The number of fused-ring (bicyclic) bond motifs is 2. The molecule has 0 aliphatic carbocycles. The largest absolute Gasteiger partial charge is 0.490 e. The van der Waals surface area contributed by atoms with E-state index in [-0.39, 0.29) is 16.2 Å². The molecule has 1 N–H and O–H groups in total. The highest BCUT2D eigenvalue weighted by Gasteiger charge is 2.28. The van der Waals surface area contributed by atoms with Crippen molar-refractivity contribution in [2.24, 2.45) is 0 Å². The third-order valence-corrected chi connectivity index (χ3v) is 6.67. The van der Waals surface area contributed by atoms with Crippen molar-refractivity contribution in [3.8, 4) is 11.5 Å². The average Bonchev–Trinajstić information content (AvgIpc) is 3.08. The Balaban J connectivity index is 1.56. The van der Waals surface area contributed by atoms with E-state index in [1.807, 2.05) is 18.2 Å². The van der Waals surface area contributed by atoms with Crippen LogP contribution >= 0.6 is 0 Å². The fourth-order valence-corrected chi connectivity index (χ4v) is 4.86. The minimum Gasteiger partial charge on any atom is -0.490 e. The van der Waals surface area contributed by atoms with Crippen molar-refractivity contribution >= 4 is 21.0 Å². The molecule has 8 heteroatoms. The molecule has 164 valence electrons. The van der Waals surface area contributed by atoms with E-state index in [4.69, 9.17) is 13.9 Å². The first-order chi connectivity index (χ1) is 15.5. The number of halogens is 1. The summed E-state index contributed by atoms with van der Waals surface area (Å²) in [7, 11) is -4.07. The highest BCUT2D eigenvalue weighted by atomic mass is 32.2. The minimum atomic E-state index is -4.07. The maximum atomic E-state index is 14.7. The molecule has 1 atom stereocenters. The lowest BCUT2D eigenvalue weighted by Gasteiger charge is -2.18. The Morgan fingerprint density at radius 1 is 0.875 bits per heavy atom. The van der Waals surface area contributed by atoms with Crippen molar-refractivity contribution in [2.45, 2.75) is 17.4 Å². The molecular weight excluding hydrogens is 433 g/mol. The number of benzene rings is 3. The van der Waals surface area contributed by atoms with E-state index in [0.29, 0.717) is 36.7 Å².